The monoisotopic (exact) mass is 223 g/mol. The number of aliphatic hydroxyl groups is 1. The van der Waals surface area contributed by atoms with Crippen LogP contribution in [0.15, 0.2) is 12.1 Å². The van der Waals surface area contributed by atoms with E-state index < -0.39 is 6.10 Å². The summed E-state index contributed by atoms with van der Waals surface area (Å²) >= 11 is 0. The molecule has 1 aliphatic heterocycles. The largest absolute Gasteiger partial charge is 0.480 e. The summed E-state index contributed by atoms with van der Waals surface area (Å²) in [6, 6.07) is 3.49. The molecule has 2 unspecified atom stereocenters. The Morgan fingerprint density at radius 3 is 2.94 bits per heavy atom. The van der Waals surface area contributed by atoms with Crippen molar-refractivity contribution >= 4 is 0 Å². The molecule has 2 rings (SSSR count). The predicted molar refractivity (Wildman–Crippen MR) is 59.1 cm³/mol. The number of nitrogens with one attached hydrogen (secondary N) is 1. The third-order valence-electron chi connectivity index (χ3n) is 2.95. The summed E-state index contributed by atoms with van der Waals surface area (Å²) in [5.74, 6) is 0.703. The Bertz CT molecular complexity index is 323. The van der Waals surface area contributed by atoms with Gasteiger partial charge in [-0.05, 0) is 25.5 Å². The molecule has 16 heavy (non-hydrogen) atoms. The summed E-state index contributed by atoms with van der Waals surface area (Å²) in [6.45, 7) is 1.88. The van der Waals surface area contributed by atoms with E-state index in [1.54, 1.807) is 19.2 Å². The summed E-state index contributed by atoms with van der Waals surface area (Å²) in [5.41, 5.74) is 0.620. The van der Waals surface area contributed by atoms with E-state index in [0.29, 0.717) is 11.6 Å². The van der Waals surface area contributed by atoms with Gasteiger partial charge in [-0.15, -0.1) is 10.2 Å². The average Bonchev–Trinajstić information content (AvgIpc) is 2.39. The van der Waals surface area contributed by atoms with Gasteiger partial charge in [0.05, 0.1) is 12.8 Å². The smallest absolute Gasteiger partial charge is 0.233 e. The number of hydrogen-bond donors (Lipinski definition) is 2. The van der Waals surface area contributed by atoms with Crippen LogP contribution in [0.4, 0.5) is 0 Å². The third-order valence-corrected chi connectivity index (χ3v) is 2.95. The lowest BCUT2D eigenvalue weighted by molar-refractivity contribution is 0.0873. The Morgan fingerprint density at radius 1 is 1.50 bits per heavy atom. The number of ether oxygens (including phenoxy) is 1. The highest BCUT2D eigenvalue weighted by molar-refractivity contribution is 5.13. The first-order valence-corrected chi connectivity index (χ1v) is 5.57. The molecule has 1 aromatic rings. The molecular weight excluding hydrogens is 206 g/mol. The maximum absolute atomic E-state index is 10.1. The van der Waals surface area contributed by atoms with Crippen LogP contribution in [0.1, 0.15) is 24.6 Å². The number of nitrogens with zero attached hydrogens (tertiary/aromatic N) is 2. The van der Waals surface area contributed by atoms with E-state index in [4.69, 9.17) is 4.74 Å². The quantitative estimate of drug-likeness (QED) is 0.782. The molecule has 0 aliphatic carbocycles. The van der Waals surface area contributed by atoms with Gasteiger partial charge in [0.15, 0.2) is 0 Å². The van der Waals surface area contributed by atoms with E-state index in [-0.39, 0.29) is 5.92 Å². The van der Waals surface area contributed by atoms with Gasteiger partial charge in [-0.3, -0.25) is 0 Å². The molecule has 5 heteroatoms. The van der Waals surface area contributed by atoms with Crippen LogP contribution in [0.5, 0.6) is 5.88 Å². The Kier molecular flexibility index (Phi) is 3.69. The second kappa shape index (κ2) is 5.23. The first-order valence-electron chi connectivity index (χ1n) is 5.57. The highest BCUT2D eigenvalue weighted by Crippen LogP contribution is 2.25. The Labute approximate surface area is 94.8 Å². The van der Waals surface area contributed by atoms with Gasteiger partial charge < -0.3 is 15.2 Å². The lowest BCUT2D eigenvalue weighted by Gasteiger charge is -2.26. The highest BCUT2D eigenvalue weighted by atomic mass is 16.5. The number of aromatic nitrogens is 2. The summed E-state index contributed by atoms with van der Waals surface area (Å²) in [6.07, 6.45) is 1.60. The minimum absolute atomic E-state index is 0.233. The standard InChI is InChI=1S/C11H17N3O2/c1-16-10-5-4-9(13-14-10)11(15)8-3-2-6-12-7-8/h4-5,8,11-12,15H,2-3,6-7H2,1H3. The number of methoxy groups -OCH3 is 1. The topological polar surface area (TPSA) is 67.3 Å². The second-order valence-electron chi connectivity index (χ2n) is 4.05. The molecule has 0 aromatic carbocycles. The van der Waals surface area contributed by atoms with Gasteiger partial charge in [0, 0.05) is 18.5 Å². The van der Waals surface area contributed by atoms with E-state index in [9.17, 15) is 5.11 Å². The van der Waals surface area contributed by atoms with Crippen LogP contribution in [0.2, 0.25) is 0 Å². The number of aliphatic hydroxyl groups excluding tert-OH is 1. The molecule has 0 radical (unpaired) electrons. The van der Waals surface area contributed by atoms with Gasteiger partial charge >= 0.3 is 0 Å². The molecule has 0 amide bonds. The summed E-state index contributed by atoms with van der Waals surface area (Å²) < 4.78 is 4.93. The normalized spacial score (nSPS) is 22.8. The van der Waals surface area contributed by atoms with E-state index >= 15 is 0 Å². The van der Waals surface area contributed by atoms with Crippen molar-refractivity contribution in [3.63, 3.8) is 0 Å². The van der Waals surface area contributed by atoms with Gasteiger partial charge in [-0.25, -0.2) is 0 Å². The molecule has 1 aromatic heterocycles. The Balaban J connectivity index is 2.04. The van der Waals surface area contributed by atoms with Crippen LogP contribution in [-0.2, 0) is 0 Å². The van der Waals surface area contributed by atoms with Crippen LogP contribution in [0.25, 0.3) is 0 Å². The van der Waals surface area contributed by atoms with Gasteiger partial charge in [0.1, 0.15) is 6.10 Å². The molecule has 0 saturated carbocycles. The molecule has 0 bridgehead atoms. The van der Waals surface area contributed by atoms with Crippen molar-refractivity contribution in [2.24, 2.45) is 5.92 Å². The fourth-order valence-corrected chi connectivity index (χ4v) is 1.99. The summed E-state index contributed by atoms with van der Waals surface area (Å²) in [7, 11) is 1.55. The number of rotatable bonds is 3. The van der Waals surface area contributed by atoms with Crippen LogP contribution in [0.3, 0.4) is 0 Å². The molecule has 5 nitrogen and oxygen atoms in total. The Morgan fingerprint density at radius 2 is 2.38 bits per heavy atom. The van der Waals surface area contributed by atoms with Crippen molar-refractivity contribution in [2.45, 2.75) is 18.9 Å². The van der Waals surface area contributed by atoms with Crippen LogP contribution < -0.4 is 10.1 Å². The first kappa shape index (κ1) is 11.3. The first-order chi connectivity index (χ1) is 7.81. The molecule has 2 atom stereocenters. The van der Waals surface area contributed by atoms with Gasteiger partial charge in [0.2, 0.25) is 5.88 Å². The van der Waals surface area contributed by atoms with Crippen molar-refractivity contribution < 1.29 is 9.84 Å². The summed E-state index contributed by atoms with van der Waals surface area (Å²) in [4.78, 5) is 0. The molecule has 88 valence electrons. The average molecular weight is 223 g/mol. The fraction of sp³-hybridized carbons (Fsp3) is 0.636. The zero-order valence-electron chi connectivity index (χ0n) is 9.39. The van der Waals surface area contributed by atoms with Gasteiger partial charge in [-0.2, -0.15) is 0 Å². The molecule has 2 N–H and O–H groups in total. The Hall–Kier alpha value is -1.20. The molecule has 2 heterocycles. The maximum atomic E-state index is 10.1. The van der Waals surface area contributed by atoms with Crippen LogP contribution in [0, 0.1) is 5.92 Å². The maximum Gasteiger partial charge on any atom is 0.233 e. The fourth-order valence-electron chi connectivity index (χ4n) is 1.99. The molecule has 0 spiro atoms. The second-order valence-corrected chi connectivity index (χ2v) is 4.05. The molecule has 1 aliphatic rings. The van der Waals surface area contributed by atoms with Gasteiger partial charge in [0.25, 0.3) is 0 Å². The lowest BCUT2D eigenvalue weighted by atomic mass is 9.92. The zero-order chi connectivity index (χ0) is 11.4. The summed E-state index contributed by atoms with van der Waals surface area (Å²) in [5, 5.41) is 21.2. The van der Waals surface area contributed by atoms with Crippen LogP contribution >= 0.6 is 0 Å². The van der Waals surface area contributed by atoms with Crippen LogP contribution in [-0.4, -0.2) is 35.5 Å². The molecule has 1 fully saturated rings. The van der Waals surface area contributed by atoms with E-state index in [1.807, 2.05) is 0 Å². The lowest BCUT2D eigenvalue weighted by Crippen LogP contribution is -2.33. The van der Waals surface area contributed by atoms with Gasteiger partial charge in [-0.1, -0.05) is 0 Å². The van der Waals surface area contributed by atoms with Crippen molar-refractivity contribution in [3.8, 4) is 5.88 Å². The van der Waals surface area contributed by atoms with E-state index in [2.05, 4.69) is 15.5 Å². The minimum Gasteiger partial charge on any atom is -0.480 e. The van der Waals surface area contributed by atoms with Crippen molar-refractivity contribution in [1.82, 2.24) is 15.5 Å². The molecular formula is C11H17N3O2. The van der Waals surface area contributed by atoms with Crippen molar-refractivity contribution in [2.75, 3.05) is 20.2 Å². The van der Waals surface area contributed by atoms with Crippen molar-refractivity contribution in [3.05, 3.63) is 17.8 Å². The van der Waals surface area contributed by atoms with Crippen molar-refractivity contribution in [1.29, 1.82) is 0 Å². The minimum atomic E-state index is -0.536. The molecule has 1 saturated heterocycles. The van der Waals surface area contributed by atoms with E-state index in [1.165, 1.54) is 0 Å². The van der Waals surface area contributed by atoms with E-state index in [0.717, 1.165) is 25.9 Å². The zero-order valence-corrected chi connectivity index (χ0v) is 9.39. The predicted octanol–water partition coefficient (Wildman–Crippen LogP) is 0.518. The SMILES string of the molecule is COc1ccc(C(O)C2CCCNC2)nn1. The number of piperidine rings is 1. The third kappa shape index (κ3) is 2.48. The highest BCUT2D eigenvalue weighted by Gasteiger charge is 2.24. The number of hydrogen-bond acceptors (Lipinski definition) is 5.